The Balaban J connectivity index is 1.83. The Bertz CT molecular complexity index is 457. The SMILES string of the molecule is Fc1cc(I)ccc1N1C=CCN(C2CC2)C1. The Labute approximate surface area is 114 Å². The summed E-state index contributed by atoms with van der Waals surface area (Å²) < 4.78 is 14.8. The number of benzene rings is 1. The molecule has 0 bridgehead atoms. The van der Waals surface area contributed by atoms with Crippen LogP contribution in [0.4, 0.5) is 10.1 Å². The third-order valence-electron chi connectivity index (χ3n) is 3.24. The molecule has 4 heteroatoms. The van der Waals surface area contributed by atoms with E-state index in [1.807, 2.05) is 23.2 Å². The molecule has 0 unspecified atom stereocenters. The molecule has 0 aromatic heterocycles. The largest absolute Gasteiger partial charge is 0.332 e. The molecule has 0 spiro atoms. The summed E-state index contributed by atoms with van der Waals surface area (Å²) in [4.78, 5) is 4.39. The van der Waals surface area contributed by atoms with Crippen molar-refractivity contribution in [3.63, 3.8) is 0 Å². The average molecular weight is 344 g/mol. The van der Waals surface area contributed by atoms with Crippen LogP contribution in [0.25, 0.3) is 0 Å². The highest BCUT2D eigenvalue weighted by atomic mass is 127. The number of hydrogen-bond donors (Lipinski definition) is 0. The van der Waals surface area contributed by atoms with Crippen LogP contribution in [0.5, 0.6) is 0 Å². The molecule has 0 amide bonds. The van der Waals surface area contributed by atoms with Crippen LogP contribution in [-0.2, 0) is 0 Å². The predicted octanol–water partition coefficient (Wildman–Crippen LogP) is 3.19. The second kappa shape index (κ2) is 4.57. The van der Waals surface area contributed by atoms with Gasteiger partial charge in [0.2, 0.25) is 0 Å². The average Bonchev–Trinajstić information content (AvgIpc) is 3.13. The van der Waals surface area contributed by atoms with E-state index in [1.165, 1.54) is 12.8 Å². The summed E-state index contributed by atoms with van der Waals surface area (Å²) in [6, 6.07) is 6.11. The van der Waals surface area contributed by atoms with Gasteiger partial charge in [-0.2, -0.15) is 0 Å². The third kappa shape index (κ3) is 2.47. The lowest BCUT2D eigenvalue weighted by Crippen LogP contribution is -2.40. The molecule has 1 aliphatic carbocycles. The van der Waals surface area contributed by atoms with E-state index in [1.54, 1.807) is 6.07 Å². The summed E-state index contributed by atoms with van der Waals surface area (Å²) in [5, 5.41) is 0. The van der Waals surface area contributed by atoms with Gasteiger partial charge in [0.05, 0.1) is 12.4 Å². The molecule has 0 radical (unpaired) electrons. The zero-order valence-electron chi connectivity index (χ0n) is 9.44. The Kier molecular flexibility index (Phi) is 3.08. The highest BCUT2D eigenvalue weighted by molar-refractivity contribution is 14.1. The van der Waals surface area contributed by atoms with Crippen LogP contribution in [0.1, 0.15) is 12.8 Å². The second-order valence-corrected chi connectivity index (χ2v) is 5.84. The van der Waals surface area contributed by atoms with Gasteiger partial charge in [-0.3, -0.25) is 4.90 Å². The minimum atomic E-state index is -0.140. The van der Waals surface area contributed by atoms with E-state index < -0.39 is 0 Å². The maximum absolute atomic E-state index is 13.9. The molecule has 1 aromatic rings. The standard InChI is InChI=1S/C13H14FIN2/c14-12-8-10(15)2-5-13(12)17-7-1-6-16(9-17)11-3-4-11/h1-2,5,7-8,11H,3-4,6,9H2. The molecule has 90 valence electrons. The van der Waals surface area contributed by atoms with Crippen LogP contribution in [0.2, 0.25) is 0 Å². The number of nitrogens with zero attached hydrogens (tertiary/aromatic N) is 2. The predicted molar refractivity (Wildman–Crippen MR) is 75.3 cm³/mol. The molecular formula is C13H14FIN2. The van der Waals surface area contributed by atoms with Crippen molar-refractivity contribution in [3.8, 4) is 0 Å². The van der Waals surface area contributed by atoms with Crippen LogP contribution in [0.3, 0.4) is 0 Å². The number of halogens is 2. The topological polar surface area (TPSA) is 6.48 Å². The van der Waals surface area contributed by atoms with Crippen molar-refractivity contribution < 1.29 is 4.39 Å². The molecule has 1 aliphatic heterocycles. The molecule has 2 nitrogen and oxygen atoms in total. The first-order valence-corrected chi connectivity index (χ1v) is 6.94. The summed E-state index contributed by atoms with van der Waals surface area (Å²) in [7, 11) is 0. The van der Waals surface area contributed by atoms with E-state index in [2.05, 4.69) is 33.6 Å². The zero-order valence-corrected chi connectivity index (χ0v) is 11.6. The van der Waals surface area contributed by atoms with Gasteiger partial charge in [-0.1, -0.05) is 6.08 Å². The Morgan fingerprint density at radius 3 is 2.82 bits per heavy atom. The molecule has 2 aliphatic rings. The third-order valence-corrected chi connectivity index (χ3v) is 3.91. The van der Waals surface area contributed by atoms with Crippen molar-refractivity contribution in [1.82, 2.24) is 4.90 Å². The fourth-order valence-electron chi connectivity index (χ4n) is 2.19. The quantitative estimate of drug-likeness (QED) is 0.761. The van der Waals surface area contributed by atoms with Crippen molar-refractivity contribution in [2.24, 2.45) is 0 Å². The van der Waals surface area contributed by atoms with Crippen LogP contribution < -0.4 is 4.90 Å². The first-order chi connectivity index (χ1) is 8.24. The first kappa shape index (κ1) is 11.5. The van der Waals surface area contributed by atoms with Crippen molar-refractivity contribution >= 4 is 28.3 Å². The van der Waals surface area contributed by atoms with Gasteiger partial charge >= 0.3 is 0 Å². The molecule has 1 heterocycles. The van der Waals surface area contributed by atoms with E-state index in [0.717, 1.165) is 16.8 Å². The van der Waals surface area contributed by atoms with E-state index >= 15 is 0 Å². The lowest BCUT2D eigenvalue weighted by Gasteiger charge is -2.32. The summed E-state index contributed by atoms with van der Waals surface area (Å²) in [5.74, 6) is -0.140. The summed E-state index contributed by atoms with van der Waals surface area (Å²) in [6.07, 6.45) is 6.68. The molecule has 0 N–H and O–H groups in total. The van der Waals surface area contributed by atoms with Crippen molar-refractivity contribution in [2.45, 2.75) is 18.9 Å². The molecule has 3 rings (SSSR count). The van der Waals surface area contributed by atoms with Gasteiger partial charge in [0.15, 0.2) is 0 Å². The number of anilines is 1. The molecule has 0 atom stereocenters. The van der Waals surface area contributed by atoms with Gasteiger partial charge < -0.3 is 4.90 Å². The maximum atomic E-state index is 13.9. The van der Waals surface area contributed by atoms with Gasteiger partial charge in [-0.05, 0) is 53.6 Å². The van der Waals surface area contributed by atoms with Crippen LogP contribution in [-0.4, -0.2) is 24.2 Å². The van der Waals surface area contributed by atoms with E-state index in [4.69, 9.17) is 0 Å². The number of hydrogen-bond acceptors (Lipinski definition) is 2. The molecular weight excluding hydrogens is 330 g/mol. The van der Waals surface area contributed by atoms with E-state index in [9.17, 15) is 4.39 Å². The fourth-order valence-corrected chi connectivity index (χ4v) is 2.64. The normalized spacial score (nSPS) is 20.9. The number of rotatable bonds is 2. The van der Waals surface area contributed by atoms with Gasteiger partial charge in [-0.15, -0.1) is 0 Å². The van der Waals surface area contributed by atoms with Crippen molar-refractivity contribution in [2.75, 3.05) is 18.1 Å². The van der Waals surface area contributed by atoms with Crippen LogP contribution >= 0.6 is 22.6 Å². The van der Waals surface area contributed by atoms with Gasteiger partial charge in [0.25, 0.3) is 0 Å². The smallest absolute Gasteiger partial charge is 0.147 e. The lowest BCUT2D eigenvalue weighted by molar-refractivity contribution is 0.288. The van der Waals surface area contributed by atoms with Gasteiger partial charge in [0.1, 0.15) is 5.82 Å². The van der Waals surface area contributed by atoms with Gasteiger partial charge in [-0.25, -0.2) is 4.39 Å². The highest BCUT2D eigenvalue weighted by Crippen LogP contribution is 2.30. The summed E-state index contributed by atoms with van der Waals surface area (Å²) >= 11 is 2.13. The highest BCUT2D eigenvalue weighted by Gasteiger charge is 2.30. The first-order valence-electron chi connectivity index (χ1n) is 5.86. The minimum Gasteiger partial charge on any atom is -0.332 e. The Hall–Kier alpha value is -0.620. The molecule has 1 fully saturated rings. The molecule has 17 heavy (non-hydrogen) atoms. The zero-order chi connectivity index (χ0) is 11.8. The van der Waals surface area contributed by atoms with Gasteiger partial charge in [0, 0.05) is 22.4 Å². The molecule has 0 saturated heterocycles. The van der Waals surface area contributed by atoms with Crippen molar-refractivity contribution in [1.29, 1.82) is 0 Å². The van der Waals surface area contributed by atoms with Crippen LogP contribution in [0.15, 0.2) is 30.5 Å². The van der Waals surface area contributed by atoms with E-state index in [-0.39, 0.29) is 5.82 Å². The minimum absolute atomic E-state index is 0.140. The van der Waals surface area contributed by atoms with Crippen LogP contribution in [0, 0.1) is 9.39 Å². The fraction of sp³-hybridized carbons (Fsp3) is 0.385. The second-order valence-electron chi connectivity index (χ2n) is 4.59. The Morgan fingerprint density at radius 2 is 2.12 bits per heavy atom. The molecule has 1 aromatic carbocycles. The molecule has 1 saturated carbocycles. The monoisotopic (exact) mass is 344 g/mol. The van der Waals surface area contributed by atoms with E-state index in [0.29, 0.717) is 11.7 Å². The van der Waals surface area contributed by atoms with Crippen molar-refractivity contribution in [3.05, 3.63) is 39.9 Å². The Morgan fingerprint density at radius 1 is 1.29 bits per heavy atom. The summed E-state index contributed by atoms with van der Waals surface area (Å²) in [5.41, 5.74) is 0.673. The maximum Gasteiger partial charge on any atom is 0.147 e. The summed E-state index contributed by atoms with van der Waals surface area (Å²) in [6.45, 7) is 1.80. The lowest BCUT2D eigenvalue weighted by atomic mass is 10.2.